The van der Waals surface area contributed by atoms with E-state index in [-0.39, 0.29) is 12.2 Å². The van der Waals surface area contributed by atoms with Gasteiger partial charge in [-0.25, -0.2) is 0 Å². The Bertz CT molecular complexity index is 344. The Hall–Kier alpha value is 0.130. The van der Waals surface area contributed by atoms with E-state index in [2.05, 4.69) is 10.6 Å². The van der Waals surface area contributed by atoms with Gasteiger partial charge in [-0.3, -0.25) is 26.9 Å². The Morgan fingerprint density at radius 2 is 1.50 bits per heavy atom. The molecule has 2 heterocycles. The van der Waals surface area contributed by atoms with Crippen molar-refractivity contribution in [3.8, 4) is 0 Å². The Morgan fingerprint density at radius 3 is 1.85 bits per heavy atom. The zero-order chi connectivity index (χ0) is 14.8. The van der Waals surface area contributed by atoms with Gasteiger partial charge in [-0.05, 0) is 12.5 Å². The van der Waals surface area contributed by atoms with E-state index in [1.807, 2.05) is 12.5 Å². The molecular weight excluding hydrogens is 300 g/mol. The van der Waals surface area contributed by atoms with Crippen LogP contribution in [0.5, 0.6) is 0 Å². The smallest absolute Gasteiger partial charge is 0.257 e. The summed E-state index contributed by atoms with van der Waals surface area (Å²) in [5.74, 6) is -2.16. The Labute approximate surface area is 127 Å². The molecule has 7 nitrogen and oxygen atoms in total. The number of thioether (sulfide) groups is 2. The summed E-state index contributed by atoms with van der Waals surface area (Å²) in [6.45, 7) is 1.04. The second-order valence-electron chi connectivity index (χ2n) is 4.95. The minimum Gasteiger partial charge on any atom is -0.335 e. The standard InChI is InChI=1S/C11H22N4O3S2/c1-19-5-7-3-14-10(12,17-7)9(16)11(13)15-4-8(18-11)6-20-2/h7-8,14-15H,3-6,12-13H2,1-2H3. The lowest BCUT2D eigenvalue weighted by Crippen LogP contribution is -2.71. The maximum Gasteiger partial charge on any atom is 0.257 e. The second-order valence-corrected chi connectivity index (χ2v) is 6.77. The number of carbonyl (C=O) groups is 1. The minimum atomic E-state index is -1.59. The number of rotatable bonds is 6. The normalized spacial score (nSPS) is 41.2. The quantitative estimate of drug-likeness (QED) is 0.463. The third-order valence-corrected chi connectivity index (χ3v) is 4.68. The van der Waals surface area contributed by atoms with Crippen molar-refractivity contribution in [3.05, 3.63) is 0 Å². The third kappa shape index (κ3) is 3.30. The number of Topliss-reactive ketones (excluding diaryl/α,β-unsaturated/α-hetero) is 1. The van der Waals surface area contributed by atoms with Gasteiger partial charge in [0, 0.05) is 24.6 Å². The van der Waals surface area contributed by atoms with Crippen molar-refractivity contribution >= 4 is 29.3 Å². The van der Waals surface area contributed by atoms with Gasteiger partial charge in [0.05, 0.1) is 12.2 Å². The molecule has 0 aliphatic carbocycles. The molecule has 0 radical (unpaired) electrons. The first kappa shape index (κ1) is 16.5. The van der Waals surface area contributed by atoms with Gasteiger partial charge in [0.25, 0.3) is 5.78 Å². The van der Waals surface area contributed by atoms with Gasteiger partial charge in [0.1, 0.15) is 0 Å². The number of nitrogens with two attached hydrogens (primary N) is 2. The van der Waals surface area contributed by atoms with Crippen molar-refractivity contribution in [3.63, 3.8) is 0 Å². The van der Waals surface area contributed by atoms with Crippen molar-refractivity contribution in [1.82, 2.24) is 10.6 Å². The molecule has 0 aromatic rings. The molecule has 2 aliphatic rings. The first-order valence-corrected chi connectivity index (χ1v) is 9.18. The van der Waals surface area contributed by atoms with Crippen molar-refractivity contribution < 1.29 is 14.3 Å². The fraction of sp³-hybridized carbons (Fsp3) is 0.909. The van der Waals surface area contributed by atoms with E-state index in [1.165, 1.54) is 0 Å². The van der Waals surface area contributed by atoms with Gasteiger partial charge in [-0.15, -0.1) is 0 Å². The van der Waals surface area contributed by atoms with Crippen LogP contribution in [-0.4, -0.2) is 66.8 Å². The van der Waals surface area contributed by atoms with Crippen LogP contribution in [0.3, 0.4) is 0 Å². The molecule has 0 spiro atoms. The fourth-order valence-corrected chi connectivity index (χ4v) is 3.44. The molecule has 2 aliphatic heterocycles. The zero-order valence-corrected chi connectivity index (χ0v) is 13.3. The summed E-state index contributed by atoms with van der Waals surface area (Å²) < 4.78 is 11.2. The average molecular weight is 322 g/mol. The monoisotopic (exact) mass is 322 g/mol. The number of hydrogen-bond acceptors (Lipinski definition) is 9. The van der Waals surface area contributed by atoms with Crippen LogP contribution >= 0.6 is 23.5 Å². The molecule has 4 unspecified atom stereocenters. The predicted octanol–water partition coefficient (Wildman–Crippen LogP) is -1.52. The molecule has 6 N–H and O–H groups in total. The molecule has 20 heavy (non-hydrogen) atoms. The van der Waals surface area contributed by atoms with Gasteiger partial charge in [-0.1, -0.05) is 0 Å². The number of carbonyl (C=O) groups excluding carboxylic acids is 1. The topological polar surface area (TPSA) is 112 Å². The van der Waals surface area contributed by atoms with E-state index in [9.17, 15) is 4.79 Å². The highest BCUT2D eigenvalue weighted by Gasteiger charge is 2.55. The lowest BCUT2D eigenvalue weighted by atomic mass is 10.2. The molecule has 0 aromatic carbocycles. The van der Waals surface area contributed by atoms with E-state index >= 15 is 0 Å². The third-order valence-electron chi connectivity index (χ3n) is 3.27. The summed E-state index contributed by atoms with van der Waals surface area (Å²) in [6, 6.07) is 0. The summed E-state index contributed by atoms with van der Waals surface area (Å²) >= 11 is 3.27. The average Bonchev–Trinajstić information content (AvgIpc) is 2.96. The van der Waals surface area contributed by atoms with Gasteiger partial charge < -0.3 is 9.47 Å². The zero-order valence-electron chi connectivity index (χ0n) is 11.7. The van der Waals surface area contributed by atoms with Crippen LogP contribution in [0.15, 0.2) is 0 Å². The van der Waals surface area contributed by atoms with Crippen LogP contribution < -0.4 is 22.1 Å². The first-order chi connectivity index (χ1) is 9.43. The van der Waals surface area contributed by atoms with E-state index in [0.29, 0.717) is 13.1 Å². The summed E-state index contributed by atoms with van der Waals surface area (Å²) in [5, 5.41) is 5.81. The van der Waals surface area contributed by atoms with Crippen LogP contribution in [-0.2, 0) is 14.3 Å². The maximum absolute atomic E-state index is 12.6. The van der Waals surface area contributed by atoms with E-state index in [1.54, 1.807) is 23.5 Å². The molecule has 116 valence electrons. The molecular formula is C11H22N4O3S2. The Kier molecular flexibility index (Phi) is 5.35. The van der Waals surface area contributed by atoms with Crippen molar-refractivity contribution in [1.29, 1.82) is 0 Å². The number of ether oxygens (including phenoxy) is 2. The molecule has 2 fully saturated rings. The largest absolute Gasteiger partial charge is 0.335 e. The molecule has 9 heteroatoms. The molecule has 0 saturated carbocycles. The van der Waals surface area contributed by atoms with Crippen molar-refractivity contribution in [2.75, 3.05) is 37.1 Å². The van der Waals surface area contributed by atoms with Crippen LogP contribution in [0.4, 0.5) is 0 Å². The van der Waals surface area contributed by atoms with E-state index in [0.717, 1.165) is 11.5 Å². The predicted molar refractivity (Wildman–Crippen MR) is 81.4 cm³/mol. The van der Waals surface area contributed by atoms with Gasteiger partial charge in [0.15, 0.2) is 0 Å². The maximum atomic E-state index is 12.6. The number of nitrogens with one attached hydrogen (secondary N) is 2. The molecule has 4 atom stereocenters. The van der Waals surface area contributed by atoms with Crippen molar-refractivity contribution in [2.45, 2.75) is 23.9 Å². The van der Waals surface area contributed by atoms with Crippen molar-refractivity contribution in [2.24, 2.45) is 11.5 Å². The van der Waals surface area contributed by atoms with Crippen LogP contribution in [0, 0.1) is 0 Å². The first-order valence-electron chi connectivity index (χ1n) is 6.40. The molecule has 2 saturated heterocycles. The van der Waals surface area contributed by atoms with Gasteiger partial charge in [0.2, 0.25) is 11.7 Å². The van der Waals surface area contributed by atoms with Gasteiger partial charge >= 0.3 is 0 Å². The second kappa shape index (κ2) is 6.49. The van der Waals surface area contributed by atoms with Crippen LogP contribution in [0.2, 0.25) is 0 Å². The Balaban J connectivity index is 2.00. The Morgan fingerprint density at radius 1 is 1.10 bits per heavy atom. The lowest BCUT2D eigenvalue weighted by molar-refractivity contribution is -0.169. The fourth-order valence-electron chi connectivity index (χ4n) is 2.32. The molecule has 0 bridgehead atoms. The van der Waals surface area contributed by atoms with Crippen LogP contribution in [0.1, 0.15) is 0 Å². The highest BCUT2D eigenvalue weighted by Crippen LogP contribution is 2.24. The summed E-state index contributed by atoms with van der Waals surface area (Å²) in [5.41, 5.74) is 12.0. The lowest BCUT2D eigenvalue weighted by Gasteiger charge is -2.31. The molecule has 2 rings (SSSR count). The molecule has 0 amide bonds. The highest BCUT2D eigenvalue weighted by atomic mass is 32.2. The van der Waals surface area contributed by atoms with E-state index in [4.69, 9.17) is 20.9 Å². The van der Waals surface area contributed by atoms with Crippen LogP contribution in [0.25, 0.3) is 0 Å². The summed E-state index contributed by atoms with van der Waals surface area (Å²) in [7, 11) is 0. The van der Waals surface area contributed by atoms with E-state index < -0.39 is 17.5 Å². The number of hydrogen-bond donors (Lipinski definition) is 4. The summed E-state index contributed by atoms with van der Waals surface area (Å²) in [6.07, 6.45) is 3.73. The minimum absolute atomic E-state index is 0.106. The summed E-state index contributed by atoms with van der Waals surface area (Å²) in [4.78, 5) is 12.6. The molecule has 0 aromatic heterocycles. The van der Waals surface area contributed by atoms with Gasteiger partial charge in [-0.2, -0.15) is 23.5 Å². The number of ketones is 1. The highest BCUT2D eigenvalue weighted by molar-refractivity contribution is 7.98. The SMILES string of the molecule is CSCC1CNC(N)(C(=O)C2(N)NCC(CSC)O2)O1.